The molecule has 3 heterocycles. The SMILES string of the molecule is O=C(CCc1ccc2c(c1)OCO2)NC1CCCN(Cc2cccs2)C1. The number of ether oxygens (including phenoxy) is 2. The molecule has 1 aromatic carbocycles. The second kappa shape index (κ2) is 8.10. The predicted octanol–water partition coefficient (Wildman–Crippen LogP) is 3.19. The monoisotopic (exact) mass is 372 g/mol. The minimum absolute atomic E-state index is 0.130. The van der Waals surface area contributed by atoms with Gasteiger partial charge in [-0.1, -0.05) is 12.1 Å². The van der Waals surface area contributed by atoms with Crippen LogP contribution < -0.4 is 14.8 Å². The minimum atomic E-state index is 0.130. The maximum atomic E-state index is 12.4. The first-order valence-electron chi connectivity index (χ1n) is 9.19. The Morgan fingerprint density at radius 3 is 3.08 bits per heavy atom. The Labute approximate surface area is 157 Å². The Morgan fingerprint density at radius 1 is 1.27 bits per heavy atom. The highest BCUT2D eigenvalue weighted by Crippen LogP contribution is 2.32. The van der Waals surface area contributed by atoms with Gasteiger partial charge in [0.2, 0.25) is 12.7 Å². The van der Waals surface area contributed by atoms with Crippen LogP contribution in [-0.4, -0.2) is 36.7 Å². The minimum Gasteiger partial charge on any atom is -0.454 e. The number of fused-ring (bicyclic) bond motifs is 1. The van der Waals surface area contributed by atoms with Crippen LogP contribution in [0.3, 0.4) is 0 Å². The third-order valence-electron chi connectivity index (χ3n) is 4.91. The Kier molecular flexibility index (Phi) is 5.41. The molecule has 2 aliphatic rings. The molecular formula is C20H24N2O3S. The number of hydrogen-bond donors (Lipinski definition) is 1. The molecule has 26 heavy (non-hydrogen) atoms. The number of amides is 1. The third kappa shape index (κ3) is 4.37. The molecule has 1 unspecified atom stereocenters. The number of carbonyl (C=O) groups is 1. The standard InChI is InChI=1S/C20H24N2O3S/c23-20(8-6-15-5-7-18-19(11-15)25-14-24-18)21-16-3-1-9-22(12-16)13-17-4-2-10-26-17/h2,4-5,7,10-11,16H,1,3,6,8-9,12-14H2,(H,21,23). The number of carbonyl (C=O) groups excluding carboxylic acids is 1. The summed E-state index contributed by atoms with van der Waals surface area (Å²) < 4.78 is 10.7. The van der Waals surface area contributed by atoms with Crippen molar-refractivity contribution in [2.75, 3.05) is 19.9 Å². The normalized spacial score (nSPS) is 19.5. The second-order valence-corrected chi connectivity index (χ2v) is 7.94. The molecule has 6 heteroatoms. The van der Waals surface area contributed by atoms with Gasteiger partial charge in [-0.25, -0.2) is 0 Å². The topological polar surface area (TPSA) is 50.8 Å². The second-order valence-electron chi connectivity index (χ2n) is 6.91. The van der Waals surface area contributed by atoms with Gasteiger partial charge >= 0.3 is 0 Å². The lowest BCUT2D eigenvalue weighted by Crippen LogP contribution is -2.47. The van der Waals surface area contributed by atoms with Crippen LogP contribution in [0.5, 0.6) is 11.5 Å². The number of benzene rings is 1. The van der Waals surface area contributed by atoms with Crippen LogP contribution in [0.1, 0.15) is 29.7 Å². The van der Waals surface area contributed by atoms with Crippen molar-refractivity contribution in [3.05, 3.63) is 46.2 Å². The average molecular weight is 372 g/mol. The summed E-state index contributed by atoms with van der Waals surface area (Å²) in [5, 5.41) is 5.34. The van der Waals surface area contributed by atoms with Crippen molar-refractivity contribution in [3.8, 4) is 11.5 Å². The molecule has 1 atom stereocenters. The Morgan fingerprint density at radius 2 is 2.19 bits per heavy atom. The van der Waals surface area contributed by atoms with Crippen molar-refractivity contribution in [2.24, 2.45) is 0 Å². The van der Waals surface area contributed by atoms with Gasteiger partial charge in [-0.2, -0.15) is 0 Å². The fourth-order valence-corrected chi connectivity index (χ4v) is 4.34. The Balaban J connectivity index is 1.24. The lowest BCUT2D eigenvalue weighted by atomic mass is 10.0. The highest BCUT2D eigenvalue weighted by molar-refractivity contribution is 7.09. The van der Waals surface area contributed by atoms with E-state index in [4.69, 9.17) is 9.47 Å². The fourth-order valence-electron chi connectivity index (χ4n) is 3.59. The lowest BCUT2D eigenvalue weighted by Gasteiger charge is -2.32. The summed E-state index contributed by atoms with van der Waals surface area (Å²) in [5.41, 5.74) is 1.10. The van der Waals surface area contributed by atoms with Crippen molar-refractivity contribution >= 4 is 17.2 Å². The van der Waals surface area contributed by atoms with Crippen molar-refractivity contribution in [3.63, 3.8) is 0 Å². The largest absolute Gasteiger partial charge is 0.454 e. The zero-order valence-corrected chi connectivity index (χ0v) is 15.6. The molecule has 1 fully saturated rings. The lowest BCUT2D eigenvalue weighted by molar-refractivity contribution is -0.122. The molecule has 1 N–H and O–H groups in total. The average Bonchev–Trinajstić information content (AvgIpc) is 3.31. The van der Waals surface area contributed by atoms with Crippen molar-refractivity contribution in [2.45, 2.75) is 38.3 Å². The van der Waals surface area contributed by atoms with E-state index in [1.807, 2.05) is 18.2 Å². The quantitative estimate of drug-likeness (QED) is 0.846. The summed E-state index contributed by atoms with van der Waals surface area (Å²) in [7, 11) is 0. The molecule has 0 aliphatic carbocycles. The summed E-state index contributed by atoms with van der Waals surface area (Å²) >= 11 is 1.80. The summed E-state index contributed by atoms with van der Waals surface area (Å²) in [6.45, 7) is 3.32. The van der Waals surface area contributed by atoms with Crippen LogP contribution in [0.15, 0.2) is 35.7 Å². The third-order valence-corrected chi connectivity index (χ3v) is 5.77. The van der Waals surface area contributed by atoms with Gasteiger partial charge in [0.1, 0.15) is 0 Å². The van der Waals surface area contributed by atoms with Crippen molar-refractivity contribution < 1.29 is 14.3 Å². The van der Waals surface area contributed by atoms with Gasteiger partial charge in [0, 0.05) is 30.4 Å². The molecule has 2 aromatic rings. The molecule has 0 radical (unpaired) electrons. The van der Waals surface area contributed by atoms with Crippen LogP contribution in [-0.2, 0) is 17.8 Å². The van der Waals surface area contributed by atoms with Crippen molar-refractivity contribution in [1.82, 2.24) is 10.2 Å². The van der Waals surface area contributed by atoms with E-state index >= 15 is 0 Å². The van der Waals surface area contributed by atoms with Crippen molar-refractivity contribution in [1.29, 1.82) is 0 Å². The highest BCUT2D eigenvalue weighted by atomic mass is 32.1. The van der Waals surface area contributed by atoms with E-state index in [1.54, 1.807) is 11.3 Å². The highest BCUT2D eigenvalue weighted by Gasteiger charge is 2.21. The molecule has 0 bridgehead atoms. The van der Waals surface area contributed by atoms with E-state index in [0.717, 1.165) is 49.5 Å². The molecule has 0 spiro atoms. The molecular weight excluding hydrogens is 348 g/mol. The first-order valence-corrected chi connectivity index (χ1v) is 10.1. The van der Waals surface area contributed by atoms with E-state index in [9.17, 15) is 4.79 Å². The number of aryl methyl sites for hydroxylation is 1. The molecule has 1 amide bonds. The van der Waals surface area contributed by atoms with E-state index in [0.29, 0.717) is 12.8 Å². The van der Waals surface area contributed by atoms with Gasteiger partial charge in [-0.3, -0.25) is 9.69 Å². The van der Waals surface area contributed by atoms with Crippen LogP contribution in [0.2, 0.25) is 0 Å². The smallest absolute Gasteiger partial charge is 0.231 e. The van der Waals surface area contributed by atoms with Crippen LogP contribution in [0, 0.1) is 0 Å². The molecule has 1 aromatic heterocycles. The maximum absolute atomic E-state index is 12.4. The number of thiophene rings is 1. The molecule has 5 nitrogen and oxygen atoms in total. The summed E-state index contributed by atoms with van der Waals surface area (Å²) in [6.07, 6.45) is 3.42. The Bertz CT molecular complexity index is 748. The summed E-state index contributed by atoms with van der Waals surface area (Å²) in [4.78, 5) is 16.2. The van der Waals surface area contributed by atoms with Crippen LogP contribution in [0.25, 0.3) is 0 Å². The van der Waals surface area contributed by atoms with Gasteiger partial charge in [0.05, 0.1) is 0 Å². The summed E-state index contributed by atoms with van der Waals surface area (Å²) in [5.74, 6) is 1.69. The number of rotatable bonds is 6. The number of nitrogens with zero attached hydrogens (tertiary/aromatic N) is 1. The maximum Gasteiger partial charge on any atom is 0.231 e. The predicted molar refractivity (Wildman–Crippen MR) is 102 cm³/mol. The van der Waals surface area contributed by atoms with E-state index in [1.165, 1.54) is 4.88 Å². The number of piperidine rings is 1. The zero-order chi connectivity index (χ0) is 17.8. The summed E-state index contributed by atoms with van der Waals surface area (Å²) in [6, 6.07) is 10.4. The van der Waals surface area contributed by atoms with E-state index in [2.05, 4.69) is 27.7 Å². The van der Waals surface area contributed by atoms with Gasteiger partial charge in [0.25, 0.3) is 0 Å². The van der Waals surface area contributed by atoms with Crippen LogP contribution in [0.4, 0.5) is 0 Å². The van der Waals surface area contributed by atoms with E-state index < -0.39 is 0 Å². The number of hydrogen-bond acceptors (Lipinski definition) is 5. The Hall–Kier alpha value is -2.05. The van der Waals surface area contributed by atoms with Gasteiger partial charge < -0.3 is 14.8 Å². The van der Waals surface area contributed by atoms with Gasteiger partial charge in [-0.15, -0.1) is 11.3 Å². The molecule has 2 aliphatic heterocycles. The van der Waals surface area contributed by atoms with Gasteiger partial charge in [0.15, 0.2) is 11.5 Å². The first-order chi connectivity index (χ1) is 12.8. The zero-order valence-electron chi connectivity index (χ0n) is 14.8. The first kappa shape index (κ1) is 17.4. The molecule has 0 saturated carbocycles. The number of likely N-dealkylation sites (tertiary alicyclic amines) is 1. The molecule has 4 rings (SSSR count). The van der Waals surface area contributed by atoms with Crippen LogP contribution >= 0.6 is 11.3 Å². The van der Waals surface area contributed by atoms with E-state index in [-0.39, 0.29) is 18.7 Å². The number of nitrogens with one attached hydrogen (secondary N) is 1. The fraction of sp³-hybridized carbons (Fsp3) is 0.450. The molecule has 138 valence electrons. The van der Waals surface area contributed by atoms with Gasteiger partial charge in [-0.05, 0) is 54.9 Å². The molecule has 1 saturated heterocycles.